The van der Waals surface area contributed by atoms with Gasteiger partial charge in [-0.1, -0.05) is 23.7 Å². The van der Waals surface area contributed by atoms with Crippen molar-refractivity contribution in [1.82, 2.24) is 9.97 Å². The molecule has 0 fully saturated rings. The molecule has 0 aliphatic heterocycles. The molecule has 0 spiro atoms. The van der Waals surface area contributed by atoms with Crippen LogP contribution in [0.5, 0.6) is 0 Å². The van der Waals surface area contributed by atoms with Gasteiger partial charge in [-0.15, -0.1) is 0 Å². The Morgan fingerprint density at radius 1 is 1.04 bits per heavy atom. The number of hydrogen-bond acceptors (Lipinski definition) is 4. The SMILES string of the molecule is CC(=O)Nc1cccc(-c2cncc(Nc3ccc(Cl)cc3)n2)c1. The van der Waals surface area contributed by atoms with Gasteiger partial charge in [0.1, 0.15) is 5.82 Å². The van der Waals surface area contributed by atoms with Gasteiger partial charge in [-0.25, -0.2) is 4.98 Å². The predicted molar refractivity (Wildman–Crippen MR) is 96.5 cm³/mol. The average molecular weight is 339 g/mol. The lowest BCUT2D eigenvalue weighted by Crippen LogP contribution is -2.05. The Hall–Kier alpha value is -2.92. The maximum atomic E-state index is 11.2. The molecule has 24 heavy (non-hydrogen) atoms. The van der Waals surface area contributed by atoms with E-state index in [0.29, 0.717) is 16.5 Å². The lowest BCUT2D eigenvalue weighted by Gasteiger charge is -2.08. The molecule has 1 amide bonds. The fourth-order valence-corrected chi connectivity index (χ4v) is 2.33. The predicted octanol–water partition coefficient (Wildman–Crippen LogP) is 4.50. The summed E-state index contributed by atoms with van der Waals surface area (Å²) >= 11 is 5.89. The number of carbonyl (C=O) groups is 1. The number of carbonyl (C=O) groups excluding carboxylic acids is 1. The summed E-state index contributed by atoms with van der Waals surface area (Å²) < 4.78 is 0. The molecule has 0 saturated heterocycles. The topological polar surface area (TPSA) is 66.9 Å². The summed E-state index contributed by atoms with van der Waals surface area (Å²) in [6.45, 7) is 1.48. The Morgan fingerprint density at radius 3 is 2.58 bits per heavy atom. The number of hydrogen-bond donors (Lipinski definition) is 2. The number of benzene rings is 2. The van der Waals surface area contributed by atoms with Crippen molar-refractivity contribution in [2.24, 2.45) is 0 Å². The maximum absolute atomic E-state index is 11.2. The second-order valence-corrected chi connectivity index (χ2v) is 5.62. The zero-order chi connectivity index (χ0) is 16.9. The van der Waals surface area contributed by atoms with Crippen molar-refractivity contribution in [3.63, 3.8) is 0 Å². The summed E-state index contributed by atoms with van der Waals surface area (Å²) in [5.41, 5.74) is 3.17. The first-order valence-corrected chi connectivity index (χ1v) is 7.70. The Morgan fingerprint density at radius 2 is 1.83 bits per heavy atom. The number of aromatic nitrogens is 2. The molecule has 2 aromatic carbocycles. The third-order valence-electron chi connectivity index (χ3n) is 3.23. The normalized spacial score (nSPS) is 10.2. The minimum atomic E-state index is -0.114. The van der Waals surface area contributed by atoms with Crippen LogP contribution in [0.3, 0.4) is 0 Å². The third kappa shape index (κ3) is 4.08. The largest absolute Gasteiger partial charge is 0.339 e. The van der Waals surface area contributed by atoms with Crippen LogP contribution in [0.1, 0.15) is 6.92 Å². The van der Waals surface area contributed by atoms with Gasteiger partial charge >= 0.3 is 0 Å². The first kappa shape index (κ1) is 16.0. The van der Waals surface area contributed by atoms with Crippen LogP contribution >= 0.6 is 11.6 Å². The Labute approximate surface area is 144 Å². The van der Waals surface area contributed by atoms with Crippen molar-refractivity contribution in [3.05, 3.63) is 65.9 Å². The van der Waals surface area contributed by atoms with Gasteiger partial charge in [-0.3, -0.25) is 9.78 Å². The lowest BCUT2D eigenvalue weighted by molar-refractivity contribution is -0.114. The molecule has 5 nitrogen and oxygen atoms in total. The monoisotopic (exact) mass is 338 g/mol. The molecule has 0 bridgehead atoms. The number of rotatable bonds is 4. The standard InChI is InChI=1S/C18H15ClN4O/c1-12(24)21-16-4-2-3-13(9-16)17-10-20-11-18(23-17)22-15-7-5-14(19)6-8-15/h2-11H,1H3,(H,21,24)(H,22,23). The quantitative estimate of drug-likeness (QED) is 0.735. The highest BCUT2D eigenvalue weighted by Crippen LogP contribution is 2.23. The van der Waals surface area contributed by atoms with Crippen molar-refractivity contribution in [2.45, 2.75) is 6.92 Å². The van der Waals surface area contributed by atoms with E-state index < -0.39 is 0 Å². The van der Waals surface area contributed by atoms with E-state index in [-0.39, 0.29) is 5.91 Å². The molecule has 0 aliphatic rings. The van der Waals surface area contributed by atoms with Gasteiger partial charge < -0.3 is 10.6 Å². The van der Waals surface area contributed by atoms with Crippen molar-refractivity contribution < 1.29 is 4.79 Å². The Bertz CT molecular complexity index is 865. The minimum absolute atomic E-state index is 0.114. The van der Waals surface area contributed by atoms with Gasteiger partial charge in [0.05, 0.1) is 18.1 Å². The number of amides is 1. The molecule has 3 aromatic rings. The van der Waals surface area contributed by atoms with E-state index in [9.17, 15) is 4.79 Å². The summed E-state index contributed by atoms with van der Waals surface area (Å²) in [7, 11) is 0. The minimum Gasteiger partial charge on any atom is -0.339 e. The summed E-state index contributed by atoms with van der Waals surface area (Å²) in [5, 5.41) is 6.62. The molecule has 120 valence electrons. The van der Waals surface area contributed by atoms with Gasteiger partial charge in [0.25, 0.3) is 0 Å². The highest BCUT2D eigenvalue weighted by atomic mass is 35.5. The van der Waals surface area contributed by atoms with Crippen LogP contribution in [-0.4, -0.2) is 15.9 Å². The number of halogens is 1. The van der Waals surface area contributed by atoms with Crippen molar-refractivity contribution in [1.29, 1.82) is 0 Å². The van der Waals surface area contributed by atoms with Crippen LogP contribution in [-0.2, 0) is 4.79 Å². The van der Waals surface area contributed by atoms with Crippen molar-refractivity contribution in [2.75, 3.05) is 10.6 Å². The van der Waals surface area contributed by atoms with Crippen LogP contribution < -0.4 is 10.6 Å². The molecule has 1 aromatic heterocycles. The van der Waals surface area contributed by atoms with E-state index in [1.807, 2.05) is 36.4 Å². The van der Waals surface area contributed by atoms with Crippen molar-refractivity contribution >= 4 is 34.7 Å². The van der Waals surface area contributed by atoms with Crippen LogP contribution in [0.25, 0.3) is 11.3 Å². The molecule has 2 N–H and O–H groups in total. The van der Waals surface area contributed by atoms with Crippen LogP contribution in [0, 0.1) is 0 Å². The number of anilines is 3. The molecular formula is C18H15ClN4O. The lowest BCUT2D eigenvalue weighted by atomic mass is 10.1. The van der Waals surface area contributed by atoms with E-state index in [1.165, 1.54) is 6.92 Å². The van der Waals surface area contributed by atoms with E-state index in [2.05, 4.69) is 20.6 Å². The first-order chi connectivity index (χ1) is 11.6. The van der Waals surface area contributed by atoms with Gasteiger partial charge in [-0.05, 0) is 36.4 Å². The van der Waals surface area contributed by atoms with Gasteiger partial charge in [0.2, 0.25) is 5.91 Å². The van der Waals surface area contributed by atoms with Gasteiger partial charge in [0.15, 0.2) is 0 Å². The number of nitrogens with zero attached hydrogens (tertiary/aromatic N) is 2. The third-order valence-corrected chi connectivity index (χ3v) is 3.48. The summed E-state index contributed by atoms with van der Waals surface area (Å²) in [6.07, 6.45) is 3.33. The molecular weight excluding hydrogens is 324 g/mol. The van der Waals surface area contributed by atoms with Crippen LogP contribution in [0.15, 0.2) is 60.9 Å². The fraction of sp³-hybridized carbons (Fsp3) is 0.0556. The average Bonchev–Trinajstić information content (AvgIpc) is 2.57. The molecule has 0 unspecified atom stereocenters. The van der Waals surface area contributed by atoms with E-state index in [4.69, 9.17) is 11.6 Å². The highest BCUT2D eigenvalue weighted by molar-refractivity contribution is 6.30. The molecule has 3 rings (SSSR count). The fourth-order valence-electron chi connectivity index (χ4n) is 2.21. The van der Waals surface area contributed by atoms with E-state index in [1.54, 1.807) is 24.5 Å². The summed E-state index contributed by atoms with van der Waals surface area (Å²) in [4.78, 5) is 20.0. The zero-order valence-corrected chi connectivity index (χ0v) is 13.7. The molecule has 0 radical (unpaired) electrons. The zero-order valence-electron chi connectivity index (χ0n) is 13.0. The van der Waals surface area contributed by atoms with Crippen LogP contribution in [0.4, 0.5) is 17.2 Å². The van der Waals surface area contributed by atoms with Crippen LogP contribution in [0.2, 0.25) is 5.02 Å². The molecule has 0 saturated carbocycles. The van der Waals surface area contributed by atoms with E-state index >= 15 is 0 Å². The van der Waals surface area contributed by atoms with Gasteiger partial charge in [-0.2, -0.15) is 0 Å². The van der Waals surface area contributed by atoms with Crippen molar-refractivity contribution in [3.8, 4) is 11.3 Å². The molecule has 0 aliphatic carbocycles. The van der Waals surface area contributed by atoms with Gasteiger partial charge in [0, 0.05) is 28.9 Å². The second kappa shape index (κ2) is 7.10. The number of nitrogens with one attached hydrogen (secondary N) is 2. The smallest absolute Gasteiger partial charge is 0.221 e. The molecule has 1 heterocycles. The van der Waals surface area contributed by atoms with E-state index in [0.717, 1.165) is 16.9 Å². The maximum Gasteiger partial charge on any atom is 0.221 e. The molecule has 6 heteroatoms. The first-order valence-electron chi connectivity index (χ1n) is 7.33. The highest BCUT2D eigenvalue weighted by Gasteiger charge is 2.05. The Balaban J connectivity index is 1.85. The summed E-state index contributed by atoms with van der Waals surface area (Å²) in [5.74, 6) is 0.510. The summed E-state index contributed by atoms with van der Waals surface area (Å²) in [6, 6.07) is 14.8. The Kier molecular flexibility index (Phi) is 4.72. The second-order valence-electron chi connectivity index (χ2n) is 5.18. The molecule has 0 atom stereocenters.